The Labute approximate surface area is 153 Å². The summed E-state index contributed by atoms with van der Waals surface area (Å²) in [6.07, 6.45) is 0.568. The van der Waals surface area contributed by atoms with Gasteiger partial charge in [0.2, 0.25) is 0 Å². The Bertz CT molecular complexity index is 759. The molecule has 3 nitrogen and oxygen atoms in total. The second kappa shape index (κ2) is 7.01. The van der Waals surface area contributed by atoms with Crippen molar-refractivity contribution in [1.82, 2.24) is 0 Å². The highest BCUT2D eigenvalue weighted by atomic mass is 19.1. The summed E-state index contributed by atoms with van der Waals surface area (Å²) in [5.41, 5.74) is 0.601. The van der Waals surface area contributed by atoms with Crippen molar-refractivity contribution in [2.24, 2.45) is 0 Å². The molecule has 1 heterocycles. The highest BCUT2D eigenvalue weighted by Crippen LogP contribution is 2.36. The third kappa shape index (κ3) is 3.91. The topological polar surface area (TPSA) is 27.7 Å². The molecular formula is C20H23BF2O3. The minimum Gasteiger partial charge on any atom is -0.490 e. The highest BCUT2D eigenvalue weighted by molar-refractivity contribution is 6.62. The van der Waals surface area contributed by atoms with Crippen LogP contribution in [0.3, 0.4) is 0 Å². The fourth-order valence-corrected chi connectivity index (χ4v) is 2.69. The zero-order chi connectivity index (χ0) is 18.9. The molecule has 0 aliphatic carbocycles. The summed E-state index contributed by atoms with van der Waals surface area (Å²) in [6, 6.07) is 10.9. The Hall–Kier alpha value is -1.92. The molecule has 0 radical (unpaired) electrons. The Morgan fingerprint density at radius 3 is 2.12 bits per heavy atom. The Morgan fingerprint density at radius 1 is 0.923 bits per heavy atom. The molecule has 0 spiro atoms. The lowest BCUT2D eigenvalue weighted by Crippen LogP contribution is -2.41. The molecule has 138 valence electrons. The smallest absolute Gasteiger partial charge is 0.490 e. The van der Waals surface area contributed by atoms with Crippen molar-refractivity contribution >= 4 is 12.6 Å². The average molecular weight is 360 g/mol. The maximum absolute atomic E-state index is 14.4. The largest absolute Gasteiger partial charge is 0.494 e. The predicted octanol–water partition coefficient (Wildman–Crippen LogP) is 3.89. The standard InChI is InChI=1S/C20H23BF2O3/c1-19(2)20(3,4)26-21(25-19)15-7-10-18(17(23)13-15)24-12-11-14-5-8-16(22)9-6-14/h5-10,13H,11-12H2,1-4H3. The monoisotopic (exact) mass is 360 g/mol. The van der Waals surface area contributed by atoms with Gasteiger partial charge in [0.15, 0.2) is 11.6 Å². The molecule has 0 N–H and O–H groups in total. The summed E-state index contributed by atoms with van der Waals surface area (Å²) >= 11 is 0. The van der Waals surface area contributed by atoms with E-state index in [4.69, 9.17) is 14.0 Å². The summed E-state index contributed by atoms with van der Waals surface area (Å²) in [7, 11) is -0.609. The number of benzene rings is 2. The molecule has 0 atom stereocenters. The van der Waals surface area contributed by atoms with Crippen molar-refractivity contribution in [3.8, 4) is 5.75 Å². The Morgan fingerprint density at radius 2 is 1.54 bits per heavy atom. The molecule has 1 aliphatic rings. The van der Waals surface area contributed by atoms with E-state index in [-0.39, 0.29) is 11.6 Å². The summed E-state index contributed by atoms with van der Waals surface area (Å²) in [5.74, 6) is -0.567. The summed E-state index contributed by atoms with van der Waals surface area (Å²) in [6.45, 7) is 8.12. The molecule has 1 aliphatic heterocycles. The summed E-state index contributed by atoms with van der Waals surface area (Å²) in [5, 5.41) is 0. The van der Waals surface area contributed by atoms with Gasteiger partial charge in [-0.3, -0.25) is 0 Å². The maximum atomic E-state index is 14.4. The third-order valence-electron chi connectivity index (χ3n) is 5.04. The highest BCUT2D eigenvalue weighted by Gasteiger charge is 2.51. The summed E-state index contributed by atoms with van der Waals surface area (Å²) in [4.78, 5) is 0. The molecule has 2 aromatic rings. The second-order valence-electron chi connectivity index (χ2n) is 7.50. The van der Waals surface area contributed by atoms with E-state index in [0.717, 1.165) is 5.56 Å². The lowest BCUT2D eigenvalue weighted by molar-refractivity contribution is 0.00578. The quantitative estimate of drug-likeness (QED) is 0.758. The van der Waals surface area contributed by atoms with Crippen LogP contribution in [0.15, 0.2) is 42.5 Å². The van der Waals surface area contributed by atoms with E-state index in [9.17, 15) is 8.78 Å². The predicted molar refractivity (Wildman–Crippen MR) is 97.7 cm³/mol. The van der Waals surface area contributed by atoms with Gasteiger partial charge in [-0.15, -0.1) is 0 Å². The van der Waals surface area contributed by atoms with Crippen LogP contribution in [0.25, 0.3) is 0 Å². The van der Waals surface area contributed by atoms with Gasteiger partial charge in [-0.1, -0.05) is 18.2 Å². The molecule has 26 heavy (non-hydrogen) atoms. The number of ether oxygens (including phenoxy) is 1. The van der Waals surface area contributed by atoms with Gasteiger partial charge in [-0.25, -0.2) is 8.78 Å². The third-order valence-corrected chi connectivity index (χ3v) is 5.04. The first-order chi connectivity index (χ1) is 12.2. The van der Waals surface area contributed by atoms with Gasteiger partial charge in [0.25, 0.3) is 0 Å². The molecule has 1 fully saturated rings. The van der Waals surface area contributed by atoms with Crippen molar-refractivity contribution in [2.75, 3.05) is 6.61 Å². The van der Waals surface area contributed by atoms with Gasteiger partial charge in [-0.2, -0.15) is 0 Å². The van der Waals surface area contributed by atoms with Gasteiger partial charge in [0.1, 0.15) is 5.82 Å². The van der Waals surface area contributed by atoms with E-state index < -0.39 is 24.1 Å². The number of rotatable bonds is 5. The SMILES string of the molecule is CC1(C)OB(c2ccc(OCCc3ccc(F)cc3)c(F)c2)OC1(C)C. The van der Waals surface area contributed by atoms with E-state index in [1.54, 1.807) is 24.3 Å². The van der Waals surface area contributed by atoms with Gasteiger partial charge in [0, 0.05) is 6.42 Å². The van der Waals surface area contributed by atoms with Crippen molar-refractivity contribution in [3.05, 3.63) is 59.7 Å². The van der Waals surface area contributed by atoms with Crippen molar-refractivity contribution < 1.29 is 22.8 Å². The van der Waals surface area contributed by atoms with Crippen molar-refractivity contribution in [2.45, 2.75) is 45.3 Å². The molecule has 0 aromatic heterocycles. The van der Waals surface area contributed by atoms with Crippen LogP contribution in [0, 0.1) is 11.6 Å². The van der Waals surface area contributed by atoms with Crippen LogP contribution in [0.1, 0.15) is 33.3 Å². The number of hydrogen-bond donors (Lipinski definition) is 0. The molecule has 2 aromatic carbocycles. The molecule has 0 unspecified atom stereocenters. The molecular weight excluding hydrogens is 337 g/mol. The first-order valence-electron chi connectivity index (χ1n) is 8.70. The zero-order valence-corrected chi connectivity index (χ0v) is 15.5. The van der Waals surface area contributed by atoms with Crippen LogP contribution in [0.2, 0.25) is 0 Å². The minimum atomic E-state index is -0.609. The van der Waals surface area contributed by atoms with Crippen LogP contribution in [0.5, 0.6) is 5.75 Å². The van der Waals surface area contributed by atoms with Gasteiger partial charge < -0.3 is 14.0 Å². The molecule has 0 amide bonds. The second-order valence-corrected chi connectivity index (χ2v) is 7.50. The minimum absolute atomic E-state index is 0.173. The average Bonchev–Trinajstić information content (AvgIpc) is 2.79. The van der Waals surface area contributed by atoms with E-state index in [0.29, 0.717) is 18.5 Å². The molecule has 0 saturated carbocycles. The van der Waals surface area contributed by atoms with Gasteiger partial charge in [-0.05, 0) is 63.0 Å². The number of halogens is 2. The lowest BCUT2D eigenvalue weighted by Gasteiger charge is -2.32. The Kier molecular flexibility index (Phi) is 5.08. The van der Waals surface area contributed by atoms with Crippen LogP contribution in [0.4, 0.5) is 8.78 Å². The molecule has 3 rings (SSSR count). The van der Waals surface area contributed by atoms with Gasteiger partial charge >= 0.3 is 7.12 Å². The molecule has 0 bridgehead atoms. The van der Waals surface area contributed by atoms with E-state index in [1.807, 2.05) is 27.7 Å². The van der Waals surface area contributed by atoms with Crippen LogP contribution in [-0.4, -0.2) is 24.9 Å². The van der Waals surface area contributed by atoms with Crippen molar-refractivity contribution in [3.63, 3.8) is 0 Å². The van der Waals surface area contributed by atoms with E-state index in [1.165, 1.54) is 18.2 Å². The maximum Gasteiger partial charge on any atom is 0.494 e. The fraction of sp³-hybridized carbons (Fsp3) is 0.400. The zero-order valence-electron chi connectivity index (χ0n) is 15.5. The molecule has 6 heteroatoms. The van der Waals surface area contributed by atoms with E-state index in [2.05, 4.69) is 0 Å². The lowest BCUT2D eigenvalue weighted by atomic mass is 9.79. The van der Waals surface area contributed by atoms with E-state index >= 15 is 0 Å². The summed E-state index contributed by atoms with van der Waals surface area (Å²) < 4.78 is 44.7. The molecule has 1 saturated heterocycles. The first kappa shape index (κ1) is 18.9. The Balaban J connectivity index is 1.62. The van der Waals surface area contributed by atoms with Crippen LogP contribution >= 0.6 is 0 Å². The first-order valence-corrected chi connectivity index (χ1v) is 8.70. The fourth-order valence-electron chi connectivity index (χ4n) is 2.69. The van der Waals surface area contributed by atoms with Crippen LogP contribution < -0.4 is 10.2 Å². The van der Waals surface area contributed by atoms with Gasteiger partial charge in [0.05, 0.1) is 17.8 Å². The normalized spacial score (nSPS) is 18.2. The van der Waals surface area contributed by atoms with Crippen molar-refractivity contribution in [1.29, 1.82) is 0 Å². The van der Waals surface area contributed by atoms with Crippen LogP contribution in [-0.2, 0) is 15.7 Å². The number of hydrogen-bond acceptors (Lipinski definition) is 3.